The highest BCUT2D eigenvalue weighted by molar-refractivity contribution is 14.0. The van der Waals surface area contributed by atoms with Gasteiger partial charge in [-0.1, -0.05) is 36.4 Å². The van der Waals surface area contributed by atoms with Gasteiger partial charge in [0.05, 0.1) is 11.8 Å². The summed E-state index contributed by atoms with van der Waals surface area (Å²) in [6, 6.07) is 8.73. The Kier molecular flexibility index (Phi) is 7.73. The highest BCUT2D eigenvalue weighted by atomic mass is 127. The molecule has 1 saturated carbocycles. The van der Waals surface area contributed by atoms with Gasteiger partial charge in [0, 0.05) is 33.2 Å². The van der Waals surface area contributed by atoms with E-state index in [0.29, 0.717) is 25.6 Å². The number of allylic oxidation sites excluding steroid dienone is 2. The molecule has 3 fully saturated rings. The molecule has 2 aliphatic heterocycles. The first-order valence-electron chi connectivity index (χ1n) is 11.9. The second-order valence-corrected chi connectivity index (χ2v) is 9.48. The van der Waals surface area contributed by atoms with E-state index in [1.54, 1.807) is 7.05 Å². The lowest BCUT2D eigenvalue weighted by Crippen LogP contribution is -2.43. The number of benzene rings is 1. The van der Waals surface area contributed by atoms with Crippen LogP contribution in [0, 0.1) is 23.7 Å². The molecule has 0 spiro atoms. The zero-order valence-corrected chi connectivity index (χ0v) is 21.5. The third-order valence-electron chi connectivity index (χ3n) is 7.50. The van der Waals surface area contributed by atoms with E-state index in [0.717, 1.165) is 13.0 Å². The van der Waals surface area contributed by atoms with Crippen LogP contribution in [0.5, 0.6) is 0 Å². The van der Waals surface area contributed by atoms with Gasteiger partial charge in [0.2, 0.25) is 11.8 Å². The van der Waals surface area contributed by atoms with Crippen molar-refractivity contribution in [2.75, 3.05) is 33.2 Å². The molecule has 2 saturated heterocycles. The zero-order valence-electron chi connectivity index (χ0n) is 19.2. The van der Waals surface area contributed by atoms with E-state index in [1.807, 2.05) is 0 Å². The molecule has 4 aliphatic rings. The van der Waals surface area contributed by atoms with Gasteiger partial charge in [-0.15, -0.1) is 24.0 Å². The minimum absolute atomic E-state index is 0. The fourth-order valence-electron chi connectivity index (χ4n) is 5.84. The first-order chi connectivity index (χ1) is 15.6. The Morgan fingerprint density at radius 1 is 0.970 bits per heavy atom. The molecule has 2 aliphatic carbocycles. The lowest BCUT2D eigenvalue weighted by molar-refractivity contribution is -0.140. The van der Waals surface area contributed by atoms with Crippen molar-refractivity contribution >= 4 is 41.8 Å². The van der Waals surface area contributed by atoms with E-state index in [9.17, 15) is 9.59 Å². The van der Waals surface area contributed by atoms with Crippen molar-refractivity contribution in [2.45, 2.75) is 32.4 Å². The topological polar surface area (TPSA) is 77.0 Å². The molecule has 0 aromatic heterocycles. The summed E-state index contributed by atoms with van der Waals surface area (Å²) in [7, 11) is 1.73. The second-order valence-electron chi connectivity index (χ2n) is 9.48. The number of amides is 2. The molecule has 2 N–H and O–H groups in total. The lowest BCUT2D eigenvalue weighted by Gasteiger charge is -2.19. The average molecular weight is 563 g/mol. The predicted octanol–water partition coefficient (Wildman–Crippen LogP) is 2.37. The molecular weight excluding hydrogens is 529 g/mol. The highest BCUT2D eigenvalue weighted by Gasteiger charge is 2.58. The number of fused-ring (bicyclic) bond motifs is 5. The number of halogens is 1. The van der Waals surface area contributed by atoms with E-state index in [1.165, 1.54) is 42.0 Å². The number of hydrogen-bond donors (Lipinski definition) is 2. The molecule has 2 heterocycles. The average Bonchev–Trinajstić information content (AvgIpc) is 3.59. The number of hydrogen-bond acceptors (Lipinski definition) is 4. The lowest BCUT2D eigenvalue weighted by atomic mass is 9.85. The van der Waals surface area contributed by atoms with Crippen molar-refractivity contribution in [3.8, 4) is 0 Å². The van der Waals surface area contributed by atoms with Crippen LogP contribution in [0.1, 0.15) is 30.4 Å². The van der Waals surface area contributed by atoms with Crippen molar-refractivity contribution in [1.82, 2.24) is 20.4 Å². The number of imide groups is 1. The van der Waals surface area contributed by atoms with E-state index in [-0.39, 0.29) is 59.5 Å². The third kappa shape index (κ3) is 4.96. The number of carbonyl (C=O) groups is 2. The molecule has 4 atom stereocenters. The van der Waals surface area contributed by atoms with Crippen molar-refractivity contribution in [3.63, 3.8) is 0 Å². The van der Waals surface area contributed by atoms with Crippen molar-refractivity contribution in [2.24, 2.45) is 28.7 Å². The fourth-order valence-corrected chi connectivity index (χ4v) is 5.84. The third-order valence-corrected chi connectivity index (χ3v) is 7.50. The predicted molar refractivity (Wildman–Crippen MR) is 139 cm³/mol. The molecule has 0 radical (unpaired) electrons. The smallest absolute Gasteiger partial charge is 0.233 e. The second kappa shape index (κ2) is 10.5. The Morgan fingerprint density at radius 2 is 1.58 bits per heavy atom. The van der Waals surface area contributed by atoms with Crippen molar-refractivity contribution in [1.29, 1.82) is 0 Å². The quantitative estimate of drug-likeness (QED) is 0.175. The Balaban J connectivity index is 0.00000259. The number of nitrogens with zero attached hydrogens (tertiary/aromatic N) is 3. The number of carbonyl (C=O) groups excluding carboxylic acids is 2. The van der Waals surface area contributed by atoms with Crippen LogP contribution in [0.15, 0.2) is 41.4 Å². The minimum atomic E-state index is -0.122. The molecule has 2 bridgehead atoms. The van der Waals surface area contributed by atoms with Gasteiger partial charge in [-0.3, -0.25) is 24.4 Å². The van der Waals surface area contributed by atoms with Crippen LogP contribution >= 0.6 is 24.0 Å². The molecule has 1 aromatic rings. The molecule has 178 valence electrons. The summed E-state index contributed by atoms with van der Waals surface area (Å²) in [4.78, 5) is 33.8. The van der Waals surface area contributed by atoms with Crippen LogP contribution < -0.4 is 10.6 Å². The van der Waals surface area contributed by atoms with Crippen LogP contribution in [0.3, 0.4) is 0 Å². The first-order valence-corrected chi connectivity index (χ1v) is 11.9. The van der Waals surface area contributed by atoms with Gasteiger partial charge in [0.1, 0.15) is 0 Å². The molecule has 33 heavy (non-hydrogen) atoms. The summed E-state index contributed by atoms with van der Waals surface area (Å²) in [5.41, 5.74) is 2.55. The number of aliphatic imine (C=N–C) groups is 1. The number of rotatable bonds is 7. The van der Waals surface area contributed by atoms with Crippen LogP contribution in [0.2, 0.25) is 0 Å². The summed E-state index contributed by atoms with van der Waals surface area (Å²) in [6.07, 6.45) is 7.85. The molecular formula is C25H34IN5O2. The monoisotopic (exact) mass is 563 g/mol. The molecule has 2 amide bonds. The van der Waals surface area contributed by atoms with Crippen LogP contribution in [-0.4, -0.2) is 60.8 Å². The number of guanidine groups is 1. The number of likely N-dealkylation sites (tertiary alicyclic amines) is 2. The van der Waals surface area contributed by atoms with Gasteiger partial charge in [-0.2, -0.15) is 0 Å². The van der Waals surface area contributed by atoms with Gasteiger partial charge >= 0.3 is 0 Å². The van der Waals surface area contributed by atoms with E-state index in [4.69, 9.17) is 0 Å². The molecule has 4 unspecified atom stereocenters. The maximum Gasteiger partial charge on any atom is 0.233 e. The van der Waals surface area contributed by atoms with E-state index in [2.05, 4.69) is 56.9 Å². The van der Waals surface area contributed by atoms with E-state index >= 15 is 0 Å². The van der Waals surface area contributed by atoms with Crippen molar-refractivity contribution < 1.29 is 9.59 Å². The first kappa shape index (κ1) is 24.2. The normalized spacial score (nSPS) is 28.4. The van der Waals surface area contributed by atoms with Crippen molar-refractivity contribution in [3.05, 3.63) is 47.5 Å². The molecule has 8 heteroatoms. The van der Waals surface area contributed by atoms with Crippen LogP contribution in [0.25, 0.3) is 0 Å². The Labute approximate surface area is 213 Å². The van der Waals surface area contributed by atoms with Gasteiger partial charge < -0.3 is 10.6 Å². The largest absolute Gasteiger partial charge is 0.355 e. The Bertz CT molecular complexity index is 895. The summed E-state index contributed by atoms with van der Waals surface area (Å²) in [6.45, 7) is 5.00. The summed E-state index contributed by atoms with van der Waals surface area (Å²) in [5.74, 6) is 0.969. The van der Waals surface area contributed by atoms with Gasteiger partial charge in [0.25, 0.3) is 0 Å². The van der Waals surface area contributed by atoms with Gasteiger partial charge in [-0.05, 0) is 55.3 Å². The van der Waals surface area contributed by atoms with Gasteiger partial charge in [0.15, 0.2) is 5.96 Å². The summed E-state index contributed by atoms with van der Waals surface area (Å²) >= 11 is 0. The van der Waals surface area contributed by atoms with Crippen LogP contribution in [-0.2, 0) is 22.7 Å². The van der Waals surface area contributed by atoms with E-state index < -0.39 is 0 Å². The molecule has 1 aromatic carbocycles. The highest BCUT2D eigenvalue weighted by Crippen LogP contribution is 2.52. The summed E-state index contributed by atoms with van der Waals surface area (Å²) < 4.78 is 0. The Hall–Kier alpha value is -1.94. The molecule has 5 rings (SSSR count). The maximum absolute atomic E-state index is 12.8. The van der Waals surface area contributed by atoms with Gasteiger partial charge in [-0.25, -0.2) is 0 Å². The minimum Gasteiger partial charge on any atom is -0.355 e. The molecule has 7 nitrogen and oxygen atoms in total. The van der Waals surface area contributed by atoms with Crippen LogP contribution in [0.4, 0.5) is 0 Å². The zero-order chi connectivity index (χ0) is 22.1. The Morgan fingerprint density at radius 3 is 2.18 bits per heavy atom. The number of nitrogens with one attached hydrogen (secondary N) is 2. The SMILES string of the molecule is CN=C(NCCN1C(=O)C2C3C=CC(C3)C2C1=O)NCc1ccc(CN2CCCC2)cc1.I. The maximum atomic E-state index is 12.8. The summed E-state index contributed by atoms with van der Waals surface area (Å²) in [5, 5.41) is 6.56. The standard InChI is InChI=1S/C25H33N5O2.HI/c1-26-25(28-15-17-4-6-18(7-5-17)16-29-11-2-3-12-29)27-10-13-30-23(31)21-19-8-9-20(14-19)22(21)24(30)32;/h4-9,19-22H,2-3,10-16H2,1H3,(H2,26,27,28);1H. The fraction of sp³-hybridized carbons (Fsp3) is 0.560.